The molecule has 4 saturated carbocycles. The topological polar surface area (TPSA) is 49.7 Å². The van der Waals surface area contributed by atoms with E-state index in [0.29, 0.717) is 30.3 Å². The van der Waals surface area contributed by atoms with Crippen molar-refractivity contribution < 1.29 is 14.6 Å². The fourth-order valence-electron chi connectivity index (χ4n) is 10.4. The Kier molecular flexibility index (Phi) is 7.26. The number of hydrogen-bond donors (Lipinski definition) is 2. The summed E-state index contributed by atoms with van der Waals surface area (Å²) in [5, 5.41) is 25.9. The Morgan fingerprint density at radius 2 is 1.29 bits per heavy atom. The van der Waals surface area contributed by atoms with Gasteiger partial charge in [-0.2, -0.15) is 0 Å². The van der Waals surface area contributed by atoms with Crippen LogP contribution in [0.4, 0.5) is 0 Å². The van der Waals surface area contributed by atoms with Crippen molar-refractivity contribution in [2.75, 3.05) is 6.61 Å². The predicted molar refractivity (Wildman–Crippen MR) is 168 cm³/mol. The summed E-state index contributed by atoms with van der Waals surface area (Å²) in [6.07, 6.45) is 9.94. The van der Waals surface area contributed by atoms with Gasteiger partial charge < -0.3 is 14.6 Å². The molecule has 4 aliphatic carbocycles. The van der Waals surface area contributed by atoms with Crippen LogP contribution in [0.5, 0.6) is 0 Å². The minimum absolute atomic E-state index is 0.00804. The van der Waals surface area contributed by atoms with Gasteiger partial charge in [-0.15, -0.1) is 0 Å². The van der Waals surface area contributed by atoms with Crippen molar-refractivity contribution in [3.63, 3.8) is 0 Å². The first-order chi connectivity index (χ1) is 20.0. The molecule has 3 nitrogen and oxygen atoms in total. The highest BCUT2D eigenvalue weighted by Crippen LogP contribution is 2.66. The van der Waals surface area contributed by atoms with Gasteiger partial charge in [-0.25, -0.2) is 0 Å². The third-order valence-corrected chi connectivity index (χ3v) is 16.6. The maximum absolute atomic E-state index is 11.1. The Morgan fingerprint density at radius 1 is 0.707 bits per heavy atom. The van der Waals surface area contributed by atoms with Crippen LogP contribution < -0.4 is 15.6 Å². The third-order valence-electron chi connectivity index (χ3n) is 12.4. The van der Waals surface area contributed by atoms with E-state index < -0.39 is 8.32 Å². The van der Waals surface area contributed by atoms with Gasteiger partial charge >= 0.3 is 0 Å². The molecule has 3 aromatic carbocycles. The van der Waals surface area contributed by atoms with Gasteiger partial charge in [0, 0.05) is 12.7 Å². The third kappa shape index (κ3) is 4.32. The van der Waals surface area contributed by atoms with Crippen LogP contribution in [0.1, 0.15) is 64.7 Å². The molecule has 0 bridgehead atoms. The van der Waals surface area contributed by atoms with Crippen molar-refractivity contribution in [2.24, 2.45) is 34.5 Å². The molecule has 8 atom stereocenters. The zero-order chi connectivity index (χ0) is 28.1. The molecule has 3 aromatic rings. The first kappa shape index (κ1) is 27.6. The van der Waals surface area contributed by atoms with Gasteiger partial charge in [0.05, 0.1) is 6.10 Å². The highest BCUT2D eigenvalue weighted by atomic mass is 28.4. The van der Waals surface area contributed by atoms with Crippen LogP contribution in [0.2, 0.25) is 0 Å². The predicted octanol–water partition coefficient (Wildman–Crippen LogP) is 5.41. The van der Waals surface area contributed by atoms with Crippen LogP contribution in [0.15, 0.2) is 91.0 Å². The van der Waals surface area contributed by atoms with Crippen LogP contribution in [0.3, 0.4) is 0 Å². The second kappa shape index (κ2) is 10.8. The average Bonchev–Trinajstić information content (AvgIpc) is 3.34. The number of aliphatic hydroxyl groups is 2. The maximum Gasteiger partial charge on any atom is 0.288 e. The van der Waals surface area contributed by atoms with Crippen molar-refractivity contribution in [2.45, 2.75) is 76.9 Å². The smallest absolute Gasteiger partial charge is 0.288 e. The lowest BCUT2D eigenvalue weighted by molar-refractivity contribution is -0.156. The second-order valence-electron chi connectivity index (χ2n) is 14.0. The highest BCUT2D eigenvalue weighted by molar-refractivity contribution is 7.07. The molecule has 7 rings (SSSR count). The molecule has 0 aromatic heterocycles. The summed E-state index contributed by atoms with van der Waals surface area (Å²) < 4.78 is 7.64. The van der Waals surface area contributed by atoms with Crippen LogP contribution in [-0.2, 0) is 4.43 Å². The molecular weight excluding hydrogens is 520 g/mol. The molecular formula is C37H46O3Si. The molecule has 0 heterocycles. The minimum atomic E-state index is -2.76. The van der Waals surface area contributed by atoms with Crippen LogP contribution >= 0.6 is 0 Å². The normalized spacial score (nSPS) is 36.7. The molecule has 216 valence electrons. The van der Waals surface area contributed by atoms with Gasteiger partial charge in [0.2, 0.25) is 0 Å². The molecule has 0 spiro atoms. The van der Waals surface area contributed by atoms with Crippen molar-refractivity contribution in [1.82, 2.24) is 0 Å². The van der Waals surface area contributed by atoms with E-state index in [0.717, 1.165) is 44.9 Å². The fraction of sp³-hybridized carbons (Fsp3) is 0.514. The summed E-state index contributed by atoms with van der Waals surface area (Å²) in [4.78, 5) is 0. The zero-order valence-corrected chi connectivity index (χ0v) is 25.5. The van der Waals surface area contributed by atoms with Crippen molar-refractivity contribution in [1.29, 1.82) is 0 Å². The minimum Gasteiger partial charge on any atom is -0.401 e. The number of aliphatic hydroxyl groups excluding tert-OH is 2. The number of fused-ring (bicyclic) bond motifs is 5. The summed E-state index contributed by atoms with van der Waals surface area (Å²) in [6.45, 7) is 2.66. The van der Waals surface area contributed by atoms with E-state index in [1.54, 1.807) is 0 Å². The number of hydrogen-bond acceptors (Lipinski definition) is 3. The molecule has 4 fully saturated rings. The molecule has 4 aliphatic rings. The second-order valence-corrected chi connectivity index (χ2v) is 17.3. The summed E-state index contributed by atoms with van der Waals surface area (Å²) in [7, 11) is -2.76. The standard InChI is InChI=1S/C37H46O3Si/c1-36-23-22-34-32(33(36)19-20-35(36)39)18-17-27-25-28(21-24-37(27,34)26-38)40-41(29-11-5-2-6-12-29,30-13-7-3-8-14-30)31-15-9-4-10-16-31/h2-16,27-28,32-35,38-39H,17-26H2,1H3/t27?,28?,32-,33-,34+,35?,36-,37+/m0/s1. The SMILES string of the molecule is C[C@]12CC[C@@H]3[C@@H](CCC4CC(O[Si](c5ccccc5)(c5ccccc5)c5ccccc5)CC[C@@]43CO)[C@@H]1CCC2O. The van der Waals surface area contributed by atoms with Gasteiger partial charge in [0.25, 0.3) is 8.32 Å². The monoisotopic (exact) mass is 566 g/mol. The van der Waals surface area contributed by atoms with Gasteiger partial charge in [-0.3, -0.25) is 0 Å². The van der Waals surface area contributed by atoms with Crippen LogP contribution in [0.25, 0.3) is 0 Å². The van der Waals surface area contributed by atoms with Crippen molar-refractivity contribution in [3.05, 3.63) is 91.0 Å². The van der Waals surface area contributed by atoms with E-state index in [9.17, 15) is 10.2 Å². The quantitative estimate of drug-likeness (QED) is 0.310. The van der Waals surface area contributed by atoms with Crippen molar-refractivity contribution in [3.8, 4) is 0 Å². The molecule has 0 saturated heterocycles. The Labute approximate surface area is 247 Å². The lowest BCUT2D eigenvalue weighted by Crippen LogP contribution is -2.71. The Hall–Kier alpha value is -2.24. The highest BCUT2D eigenvalue weighted by Gasteiger charge is 2.61. The van der Waals surface area contributed by atoms with Gasteiger partial charge in [-0.1, -0.05) is 97.9 Å². The fourth-order valence-corrected chi connectivity index (χ4v) is 14.5. The Bertz CT molecular complexity index is 1220. The summed E-state index contributed by atoms with van der Waals surface area (Å²) in [5.74, 6) is 2.34. The zero-order valence-electron chi connectivity index (χ0n) is 24.5. The largest absolute Gasteiger partial charge is 0.401 e. The van der Waals surface area contributed by atoms with E-state index in [2.05, 4.69) is 97.9 Å². The Balaban J connectivity index is 1.22. The van der Waals surface area contributed by atoms with E-state index in [1.165, 1.54) is 28.4 Å². The first-order valence-electron chi connectivity index (χ1n) is 16.1. The van der Waals surface area contributed by atoms with Crippen molar-refractivity contribution >= 4 is 23.9 Å². The first-order valence-corrected chi connectivity index (χ1v) is 18.1. The van der Waals surface area contributed by atoms with Gasteiger partial charge in [0.15, 0.2) is 0 Å². The van der Waals surface area contributed by atoms with Gasteiger partial charge in [-0.05, 0) is 108 Å². The molecule has 4 heteroatoms. The molecule has 2 N–H and O–H groups in total. The average molecular weight is 567 g/mol. The maximum atomic E-state index is 11.1. The van der Waals surface area contributed by atoms with E-state index in [-0.39, 0.29) is 23.0 Å². The molecule has 3 unspecified atom stereocenters. The number of benzene rings is 3. The van der Waals surface area contributed by atoms with Gasteiger partial charge in [0.1, 0.15) is 0 Å². The lowest BCUT2D eigenvalue weighted by atomic mass is 9.44. The van der Waals surface area contributed by atoms with E-state index in [1.807, 2.05) is 0 Å². The van der Waals surface area contributed by atoms with E-state index in [4.69, 9.17) is 4.43 Å². The van der Waals surface area contributed by atoms with E-state index >= 15 is 0 Å². The Morgan fingerprint density at radius 3 is 1.85 bits per heavy atom. The summed E-state index contributed by atoms with van der Waals surface area (Å²) in [5.41, 5.74) is 0.0886. The molecule has 0 aliphatic heterocycles. The molecule has 0 amide bonds. The molecule has 41 heavy (non-hydrogen) atoms. The van der Waals surface area contributed by atoms with Crippen LogP contribution in [0, 0.1) is 34.5 Å². The lowest BCUT2D eigenvalue weighted by Gasteiger charge is -2.61. The summed E-state index contributed by atoms with van der Waals surface area (Å²) in [6, 6.07) is 32.9. The van der Waals surface area contributed by atoms with Crippen LogP contribution in [-0.4, -0.2) is 37.3 Å². The number of rotatable bonds is 6. The molecule has 0 radical (unpaired) electrons. The summed E-state index contributed by atoms with van der Waals surface area (Å²) >= 11 is 0.